The summed E-state index contributed by atoms with van der Waals surface area (Å²) in [5.41, 5.74) is 1.86. The van der Waals surface area contributed by atoms with Gasteiger partial charge in [-0.25, -0.2) is 0 Å². The van der Waals surface area contributed by atoms with E-state index >= 15 is 0 Å². The van der Waals surface area contributed by atoms with Crippen molar-refractivity contribution in [3.05, 3.63) is 33.3 Å². The molecule has 0 fully saturated rings. The number of aryl methyl sites for hydroxylation is 1. The van der Waals surface area contributed by atoms with Gasteiger partial charge in [0, 0.05) is 26.1 Å². The van der Waals surface area contributed by atoms with Crippen LogP contribution >= 0.6 is 22.7 Å². The molecule has 0 atom stereocenters. The maximum Gasteiger partial charge on any atom is 0.101 e. The Morgan fingerprint density at radius 3 is 2.77 bits per heavy atom. The molecule has 0 aliphatic heterocycles. The Kier molecular flexibility index (Phi) is 2.17. The first-order chi connectivity index (χ1) is 6.31. The van der Waals surface area contributed by atoms with Crippen molar-refractivity contribution in [2.24, 2.45) is 0 Å². The molecule has 2 aromatic rings. The first kappa shape index (κ1) is 8.49. The Bertz CT molecular complexity index is 459. The smallest absolute Gasteiger partial charge is 0.101 e. The fraction of sp³-hybridized carbons (Fsp3) is 0.100. The zero-order chi connectivity index (χ0) is 9.26. The van der Waals surface area contributed by atoms with Gasteiger partial charge in [-0.1, -0.05) is 0 Å². The van der Waals surface area contributed by atoms with E-state index in [-0.39, 0.29) is 0 Å². The third kappa shape index (κ3) is 1.51. The van der Waals surface area contributed by atoms with Gasteiger partial charge < -0.3 is 0 Å². The van der Waals surface area contributed by atoms with Gasteiger partial charge in [0.05, 0.1) is 5.56 Å². The SMILES string of the molecule is Cc1ccc(-c2cscc2C#N)s1. The van der Waals surface area contributed by atoms with E-state index in [2.05, 4.69) is 25.1 Å². The molecular weight excluding hydrogens is 198 g/mol. The van der Waals surface area contributed by atoms with Crippen molar-refractivity contribution < 1.29 is 0 Å². The van der Waals surface area contributed by atoms with E-state index < -0.39 is 0 Å². The lowest BCUT2D eigenvalue weighted by Gasteiger charge is -1.90. The first-order valence-electron chi connectivity index (χ1n) is 3.84. The summed E-state index contributed by atoms with van der Waals surface area (Å²) in [6.45, 7) is 2.08. The van der Waals surface area contributed by atoms with Crippen LogP contribution in [0.2, 0.25) is 0 Å². The Labute approximate surface area is 84.9 Å². The zero-order valence-electron chi connectivity index (χ0n) is 7.07. The summed E-state index contributed by atoms with van der Waals surface area (Å²) in [6.07, 6.45) is 0. The number of hydrogen-bond acceptors (Lipinski definition) is 3. The predicted octanol–water partition coefficient (Wildman–Crippen LogP) is 3.66. The molecule has 0 aliphatic carbocycles. The Hall–Kier alpha value is -1.11. The van der Waals surface area contributed by atoms with Crippen LogP contribution in [-0.4, -0.2) is 0 Å². The standard InChI is InChI=1S/C10H7NS2/c1-7-2-3-10(13-7)9-6-12-5-8(9)4-11/h2-3,5-6H,1H3. The van der Waals surface area contributed by atoms with Crippen LogP contribution in [0, 0.1) is 18.3 Å². The quantitative estimate of drug-likeness (QED) is 0.697. The predicted molar refractivity (Wildman–Crippen MR) is 57.1 cm³/mol. The van der Waals surface area contributed by atoms with Crippen LogP contribution in [0.5, 0.6) is 0 Å². The van der Waals surface area contributed by atoms with Crippen molar-refractivity contribution in [2.75, 3.05) is 0 Å². The summed E-state index contributed by atoms with van der Waals surface area (Å²) in [5, 5.41) is 12.8. The van der Waals surface area contributed by atoms with E-state index in [1.165, 1.54) is 9.75 Å². The number of thiophene rings is 2. The van der Waals surface area contributed by atoms with Crippen molar-refractivity contribution in [1.29, 1.82) is 5.26 Å². The molecule has 0 unspecified atom stereocenters. The molecule has 2 aromatic heterocycles. The van der Waals surface area contributed by atoms with Crippen LogP contribution < -0.4 is 0 Å². The number of hydrogen-bond donors (Lipinski definition) is 0. The number of rotatable bonds is 1. The fourth-order valence-electron chi connectivity index (χ4n) is 1.15. The summed E-state index contributed by atoms with van der Waals surface area (Å²) in [6, 6.07) is 6.35. The minimum absolute atomic E-state index is 0.784. The molecule has 0 aliphatic rings. The lowest BCUT2D eigenvalue weighted by molar-refractivity contribution is 1.51. The minimum Gasteiger partial charge on any atom is -0.192 e. The van der Waals surface area contributed by atoms with Crippen LogP contribution in [0.15, 0.2) is 22.9 Å². The van der Waals surface area contributed by atoms with Crippen molar-refractivity contribution in [3.8, 4) is 16.5 Å². The topological polar surface area (TPSA) is 23.8 Å². The second kappa shape index (κ2) is 3.33. The maximum absolute atomic E-state index is 8.84. The third-order valence-electron chi connectivity index (χ3n) is 1.79. The highest BCUT2D eigenvalue weighted by Crippen LogP contribution is 2.32. The molecule has 13 heavy (non-hydrogen) atoms. The van der Waals surface area contributed by atoms with Gasteiger partial charge in [0.25, 0.3) is 0 Å². The highest BCUT2D eigenvalue weighted by atomic mass is 32.1. The molecule has 0 aromatic carbocycles. The van der Waals surface area contributed by atoms with Gasteiger partial charge >= 0.3 is 0 Å². The summed E-state index contributed by atoms with van der Waals surface area (Å²) >= 11 is 3.31. The van der Waals surface area contributed by atoms with Crippen molar-refractivity contribution >= 4 is 22.7 Å². The molecule has 0 N–H and O–H groups in total. The van der Waals surface area contributed by atoms with Crippen molar-refractivity contribution in [3.63, 3.8) is 0 Å². The van der Waals surface area contributed by atoms with Gasteiger partial charge in [0.1, 0.15) is 6.07 Å². The Balaban J connectivity index is 2.53. The second-order valence-electron chi connectivity index (χ2n) is 2.72. The average Bonchev–Trinajstić information content (AvgIpc) is 2.71. The largest absolute Gasteiger partial charge is 0.192 e. The average molecular weight is 205 g/mol. The van der Waals surface area contributed by atoms with Gasteiger partial charge in [-0.3, -0.25) is 0 Å². The minimum atomic E-state index is 0.784. The monoisotopic (exact) mass is 205 g/mol. The highest BCUT2D eigenvalue weighted by molar-refractivity contribution is 7.16. The Morgan fingerprint density at radius 2 is 2.15 bits per heavy atom. The van der Waals surface area contributed by atoms with Crippen LogP contribution in [0.1, 0.15) is 10.4 Å². The van der Waals surface area contributed by atoms with E-state index in [0.717, 1.165) is 11.1 Å². The molecule has 0 spiro atoms. The van der Waals surface area contributed by atoms with Gasteiger partial charge in [0.2, 0.25) is 0 Å². The molecule has 0 bridgehead atoms. The van der Waals surface area contributed by atoms with Crippen molar-refractivity contribution in [1.82, 2.24) is 0 Å². The molecule has 64 valence electrons. The number of nitrogens with zero attached hydrogens (tertiary/aromatic N) is 1. The van der Waals surface area contributed by atoms with Crippen LogP contribution in [0.25, 0.3) is 10.4 Å². The Morgan fingerprint density at radius 1 is 1.31 bits per heavy atom. The van der Waals surface area contributed by atoms with Gasteiger partial charge in [-0.05, 0) is 19.1 Å². The van der Waals surface area contributed by atoms with Crippen LogP contribution in [-0.2, 0) is 0 Å². The molecule has 1 nitrogen and oxygen atoms in total. The molecule has 0 saturated carbocycles. The zero-order valence-corrected chi connectivity index (χ0v) is 8.71. The molecule has 2 heterocycles. The second-order valence-corrected chi connectivity index (χ2v) is 4.75. The molecular formula is C10H7NS2. The summed E-state index contributed by atoms with van der Waals surface area (Å²) in [4.78, 5) is 2.47. The van der Waals surface area contributed by atoms with Crippen LogP contribution in [0.4, 0.5) is 0 Å². The van der Waals surface area contributed by atoms with E-state index in [9.17, 15) is 0 Å². The first-order valence-corrected chi connectivity index (χ1v) is 5.60. The van der Waals surface area contributed by atoms with Crippen molar-refractivity contribution in [2.45, 2.75) is 6.92 Å². The lowest BCUT2D eigenvalue weighted by Crippen LogP contribution is -1.70. The molecule has 0 amide bonds. The maximum atomic E-state index is 8.84. The van der Waals surface area contributed by atoms with E-state index in [0.29, 0.717) is 0 Å². The number of nitriles is 1. The summed E-state index contributed by atoms with van der Waals surface area (Å²) < 4.78 is 0. The lowest BCUT2D eigenvalue weighted by atomic mass is 10.2. The fourth-order valence-corrected chi connectivity index (χ4v) is 2.90. The molecule has 0 radical (unpaired) electrons. The van der Waals surface area contributed by atoms with Gasteiger partial charge in [0.15, 0.2) is 0 Å². The molecule has 3 heteroatoms. The van der Waals surface area contributed by atoms with E-state index in [1.54, 1.807) is 22.7 Å². The van der Waals surface area contributed by atoms with E-state index in [1.807, 2.05) is 10.8 Å². The highest BCUT2D eigenvalue weighted by Gasteiger charge is 2.06. The molecule has 0 saturated heterocycles. The van der Waals surface area contributed by atoms with E-state index in [4.69, 9.17) is 5.26 Å². The normalized spacial score (nSPS) is 9.85. The van der Waals surface area contributed by atoms with Gasteiger partial charge in [-0.15, -0.1) is 11.3 Å². The summed E-state index contributed by atoms with van der Waals surface area (Å²) in [5.74, 6) is 0. The van der Waals surface area contributed by atoms with Crippen LogP contribution in [0.3, 0.4) is 0 Å². The summed E-state index contributed by atoms with van der Waals surface area (Å²) in [7, 11) is 0. The third-order valence-corrected chi connectivity index (χ3v) is 3.57. The van der Waals surface area contributed by atoms with Gasteiger partial charge in [-0.2, -0.15) is 16.6 Å². The molecule has 2 rings (SSSR count).